The fraction of sp³-hybridized carbons (Fsp3) is 0.864. The average Bonchev–Trinajstić information content (AvgIpc) is 3.21. The number of carbonyl (C=O) groups is 6. The Morgan fingerprint density at radius 3 is 0.967 bits per heavy atom. The topological polar surface area (TPSA) is 200 Å². The van der Waals surface area contributed by atoms with Gasteiger partial charge in [-0.3, -0.25) is 33.3 Å². The SMILES string of the molecule is CCCCC(CC)COC(=O)CN(CC(=O)OCC(CC)CCCC)C(=O)CC(C(=O)N(CC(=O)OCC(CC)CCCC)CC(=O)OCC(CC)CCCC)S(=O)(=O)O. The van der Waals surface area contributed by atoms with Crippen molar-refractivity contribution in [3.05, 3.63) is 0 Å². The van der Waals surface area contributed by atoms with Crippen LogP contribution in [0.1, 0.15) is 165 Å². The normalized spacial score (nSPS) is 13.9. The molecule has 5 unspecified atom stereocenters. The molecule has 0 saturated carbocycles. The van der Waals surface area contributed by atoms with Crippen LogP contribution >= 0.6 is 0 Å². The van der Waals surface area contributed by atoms with Crippen molar-refractivity contribution in [1.29, 1.82) is 0 Å². The van der Waals surface area contributed by atoms with E-state index in [1.807, 2.05) is 55.4 Å². The summed E-state index contributed by atoms with van der Waals surface area (Å²) in [5.74, 6) is -5.98. The van der Waals surface area contributed by atoms with E-state index in [1.54, 1.807) is 0 Å². The number of hydrogen-bond donors (Lipinski definition) is 1. The highest BCUT2D eigenvalue weighted by atomic mass is 32.2. The van der Waals surface area contributed by atoms with Gasteiger partial charge in [0, 0.05) is 0 Å². The van der Waals surface area contributed by atoms with Gasteiger partial charge in [-0.05, 0) is 49.4 Å². The second-order valence-electron chi connectivity index (χ2n) is 16.0. The average molecular weight is 877 g/mol. The first kappa shape index (κ1) is 56.7. The maximum atomic E-state index is 14.0. The van der Waals surface area contributed by atoms with Gasteiger partial charge >= 0.3 is 23.9 Å². The Labute approximate surface area is 361 Å². The Morgan fingerprint density at radius 2 is 0.733 bits per heavy atom. The van der Waals surface area contributed by atoms with Gasteiger partial charge in [-0.25, -0.2) is 0 Å². The van der Waals surface area contributed by atoms with Gasteiger partial charge in [-0.15, -0.1) is 0 Å². The van der Waals surface area contributed by atoms with E-state index in [-0.39, 0.29) is 50.1 Å². The van der Waals surface area contributed by atoms with Gasteiger partial charge in [0.25, 0.3) is 10.1 Å². The van der Waals surface area contributed by atoms with E-state index < -0.39 is 83.7 Å². The van der Waals surface area contributed by atoms with Crippen LogP contribution < -0.4 is 0 Å². The summed E-state index contributed by atoms with van der Waals surface area (Å²) in [6.07, 6.45) is 12.4. The van der Waals surface area contributed by atoms with Crippen LogP contribution in [0.5, 0.6) is 0 Å². The number of carbonyl (C=O) groups excluding carboxylic acids is 6. The smallest absolute Gasteiger partial charge is 0.325 e. The first-order valence-corrected chi connectivity index (χ1v) is 24.2. The molecule has 1 N–H and O–H groups in total. The quantitative estimate of drug-likeness (QED) is 0.0373. The summed E-state index contributed by atoms with van der Waals surface area (Å²) in [5.41, 5.74) is 0. The maximum Gasteiger partial charge on any atom is 0.325 e. The predicted molar refractivity (Wildman–Crippen MR) is 230 cm³/mol. The lowest BCUT2D eigenvalue weighted by atomic mass is 10.0. The fourth-order valence-corrected chi connectivity index (χ4v) is 7.25. The van der Waals surface area contributed by atoms with Gasteiger partial charge in [0.1, 0.15) is 26.2 Å². The number of hydrogen-bond acceptors (Lipinski definition) is 12. The van der Waals surface area contributed by atoms with Gasteiger partial charge in [0.05, 0.1) is 32.8 Å². The summed E-state index contributed by atoms with van der Waals surface area (Å²) in [5, 5.41) is -2.52. The van der Waals surface area contributed by atoms with Gasteiger partial charge in [0.15, 0.2) is 5.25 Å². The molecule has 0 aliphatic carbocycles. The molecule has 0 aliphatic heterocycles. The summed E-state index contributed by atoms with van der Waals surface area (Å²) >= 11 is 0. The van der Waals surface area contributed by atoms with Gasteiger partial charge in [0.2, 0.25) is 11.8 Å². The van der Waals surface area contributed by atoms with E-state index >= 15 is 0 Å². The number of esters is 4. The van der Waals surface area contributed by atoms with Crippen LogP contribution in [0.2, 0.25) is 0 Å². The molecule has 0 rings (SSSR count). The molecule has 16 heteroatoms. The highest BCUT2D eigenvalue weighted by Gasteiger charge is 2.40. The molecule has 0 aliphatic rings. The molecular formula is C44H80N2O13S. The minimum absolute atomic E-state index is 0.0357. The summed E-state index contributed by atoms with van der Waals surface area (Å²) in [4.78, 5) is 81.7. The molecular weight excluding hydrogens is 797 g/mol. The number of nitrogens with zero attached hydrogens (tertiary/aromatic N) is 2. The van der Waals surface area contributed by atoms with Crippen molar-refractivity contribution in [2.24, 2.45) is 23.7 Å². The second-order valence-corrected chi connectivity index (χ2v) is 17.6. The van der Waals surface area contributed by atoms with Crippen LogP contribution in [-0.2, 0) is 57.8 Å². The largest absolute Gasteiger partial charge is 0.464 e. The minimum atomic E-state index is -5.39. The number of ether oxygens (including phenoxy) is 4. The zero-order valence-corrected chi connectivity index (χ0v) is 39.0. The van der Waals surface area contributed by atoms with E-state index in [0.717, 1.165) is 108 Å². The zero-order valence-electron chi connectivity index (χ0n) is 38.2. The third-order valence-electron chi connectivity index (χ3n) is 11.0. The van der Waals surface area contributed by atoms with Crippen LogP contribution in [0, 0.1) is 23.7 Å². The van der Waals surface area contributed by atoms with E-state index in [4.69, 9.17) is 18.9 Å². The lowest BCUT2D eigenvalue weighted by Gasteiger charge is -2.27. The number of amides is 2. The Balaban J connectivity index is 6.54. The maximum absolute atomic E-state index is 14.0. The van der Waals surface area contributed by atoms with Crippen molar-refractivity contribution in [2.75, 3.05) is 52.6 Å². The van der Waals surface area contributed by atoms with E-state index in [2.05, 4.69) is 0 Å². The fourth-order valence-electron chi connectivity index (χ4n) is 6.50. The van der Waals surface area contributed by atoms with Crippen molar-refractivity contribution < 1.29 is 60.7 Å². The van der Waals surface area contributed by atoms with Crippen LogP contribution in [-0.4, -0.2) is 116 Å². The molecule has 0 fully saturated rings. The molecule has 0 saturated heterocycles. The minimum Gasteiger partial charge on any atom is -0.464 e. The Morgan fingerprint density at radius 1 is 0.467 bits per heavy atom. The molecule has 15 nitrogen and oxygen atoms in total. The predicted octanol–water partition coefficient (Wildman–Crippen LogP) is 7.33. The molecule has 0 spiro atoms. The molecule has 0 aromatic carbocycles. The first-order chi connectivity index (χ1) is 28.5. The highest BCUT2D eigenvalue weighted by molar-refractivity contribution is 7.87. The van der Waals surface area contributed by atoms with Crippen LogP contribution in [0.25, 0.3) is 0 Å². The Kier molecular flexibility index (Phi) is 31.5. The molecule has 0 radical (unpaired) electrons. The first-order valence-electron chi connectivity index (χ1n) is 22.7. The van der Waals surface area contributed by atoms with Gasteiger partial charge in [-0.1, -0.05) is 132 Å². The van der Waals surface area contributed by atoms with E-state index in [9.17, 15) is 41.7 Å². The van der Waals surface area contributed by atoms with Gasteiger partial charge in [-0.2, -0.15) is 8.42 Å². The third-order valence-corrected chi connectivity index (χ3v) is 12.1. The molecule has 0 aromatic heterocycles. The standard InChI is InChI=1S/C44H80N2O13S/c1-9-17-21-34(13-5)30-56-40(48)26-45(27-41(49)57-31-35(14-6)22-18-10-2)39(47)25-38(60(53,54)55)44(52)46(28-42(50)58-32-36(15-7)23-19-11-3)29-43(51)59-33-37(16-8)24-20-12-4/h34-38H,9-33H2,1-8H3,(H,53,54,55). The van der Waals surface area contributed by atoms with Crippen molar-refractivity contribution >= 4 is 45.8 Å². The molecule has 0 heterocycles. The third kappa shape index (κ3) is 25.5. The summed E-state index contributed by atoms with van der Waals surface area (Å²) < 4.78 is 58.0. The summed E-state index contributed by atoms with van der Waals surface area (Å²) in [6.45, 7) is 12.9. The van der Waals surface area contributed by atoms with Crippen LogP contribution in [0.4, 0.5) is 0 Å². The number of rotatable bonds is 36. The molecule has 60 heavy (non-hydrogen) atoms. The van der Waals surface area contributed by atoms with E-state index in [1.165, 1.54) is 0 Å². The van der Waals surface area contributed by atoms with Gasteiger partial charge < -0.3 is 28.7 Å². The zero-order chi connectivity index (χ0) is 45.5. The number of unbranched alkanes of at least 4 members (excludes halogenated alkanes) is 4. The lowest BCUT2D eigenvalue weighted by molar-refractivity contribution is -0.157. The van der Waals surface area contributed by atoms with Crippen molar-refractivity contribution in [1.82, 2.24) is 9.80 Å². The molecule has 5 atom stereocenters. The lowest BCUT2D eigenvalue weighted by Crippen LogP contribution is -2.50. The molecule has 2 amide bonds. The van der Waals surface area contributed by atoms with E-state index in [0.29, 0.717) is 4.90 Å². The van der Waals surface area contributed by atoms with Crippen LogP contribution in [0.15, 0.2) is 0 Å². The highest BCUT2D eigenvalue weighted by Crippen LogP contribution is 2.18. The monoisotopic (exact) mass is 877 g/mol. The van der Waals surface area contributed by atoms with Crippen molar-refractivity contribution in [3.8, 4) is 0 Å². The summed E-state index contributed by atoms with van der Waals surface area (Å²) in [7, 11) is -5.39. The second kappa shape index (κ2) is 33.4. The van der Waals surface area contributed by atoms with Crippen LogP contribution in [0.3, 0.4) is 0 Å². The molecule has 0 bridgehead atoms. The molecule has 350 valence electrons. The summed E-state index contributed by atoms with van der Waals surface area (Å²) in [6, 6.07) is 0. The van der Waals surface area contributed by atoms with Crippen molar-refractivity contribution in [3.63, 3.8) is 0 Å². The van der Waals surface area contributed by atoms with Crippen molar-refractivity contribution in [2.45, 2.75) is 170 Å². The molecule has 0 aromatic rings. The Hall–Kier alpha value is -3.27. The Bertz CT molecular complexity index is 1290.